The van der Waals surface area contributed by atoms with E-state index in [1.807, 2.05) is 24.8 Å². The Morgan fingerprint density at radius 2 is 2.48 bits per heavy atom. The van der Waals surface area contributed by atoms with E-state index < -0.39 is 0 Å². The second kappa shape index (κ2) is 5.14. The first-order valence-corrected chi connectivity index (χ1v) is 8.55. The number of fused-ring (bicyclic) bond motifs is 1. The molecule has 0 unspecified atom stereocenters. The third kappa shape index (κ3) is 2.48. The highest BCUT2D eigenvalue weighted by atomic mass is 32.2. The second-order valence-corrected chi connectivity index (χ2v) is 7.03. The van der Waals surface area contributed by atoms with Crippen LogP contribution in [0.15, 0.2) is 12.4 Å². The first-order valence-electron chi connectivity index (χ1n) is 7.40. The van der Waals surface area contributed by atoms with Gasteiger partial charge in [0.05, 0.1) is 5.60 Å². The summed E-state index contributed by atoms with van der Waals surface area (Å²) in [5, 5.41) is 7.89. The standard InChI is InChI=1S/C14H19N5OS/c1-10-6-12(19-13(17-10)15-9-16-19)18-11-2-4-20-14(7-11)3-5-21-8-14/h6,9,11,18H,2-5,7-8H2,1H3/t11-,14+/m1/s1. The van der Waals surface area contributed by atoms with Crippen molar-refractivity contribution in [3.63, 3.8) is 0 Å². The van der Waals surface area contributed by atoms with E-state index in [9.17, 15) is 0 Å². The van der Waals surface area contributed by atoms with Crippen LogP contribution in [0, 0.1) is 6.92 Å². The Kier molecular flexibility index (Phi) is 3.26. The van der Waals surface area contributed by atoms with Crippen LogP contribution in [0.25, 0.3) is 5.78 Å². The summed E-state index contributed by atoms with van der Waals surface area (Å²) in [6, 6.07) is 2.46. The number of hydrogen-bond donors (Lipinski definition) is 1. The SMILES string of the molecule is Cc1cc(N[C@@H]2CCO[C@@]3(CCSC3)C2)n2ncnc2n1. The van der Waals surface area contributed by atoms with Gasteiger partial charge in [0, 0.05) is 30.2 Å². The van der Waals surface area contributed by atoms with Crippen LogP contribution in [0.1, 0.15) is 25.0 Å². The summed E-state index contributed by atoms with van der Waals surface area (Å²) in [4.78, 5) is 8.56. The van der Waals surface area contributed by atoms with Crippen molar-refractivity contribution in [2.75, 3.05) is 23.4 Å². The van der Waals surface area contributed by atoms with E-state index in [-0.39, 0.29) is 5.60 Å². The molecular formula is C14H19N5OS. The minimum absolute atomic E-state index is 0.0874. The lowest BCUT2D eigenvalue weighted by molar-refractivity contribution is -0.0628. The lowest BCUT2D eigenvalue weighted by Gasteiger charge is -2.38. The molecule has 4 rings (SSSR count). The summed E-state index contributed by atoms with van der Waals surface area (Å²) >= 11 is 2.00. The fourth-order valence-electron chi connectivity index (χ4n) is 3.26. The molecule has 6 nitrogen and oxygen atoms in total. The van der Waals surface area contributed by atoms with Crippen LogP contribution in [0.5, 0.6) is 0 Å². The molecule has 1 spiro atoms. The smallest absolute Gasteiger partial charge is 0.254 e. The zero-order chi connectivity index (χ0) is 14.3. The predicted octanol–water partition coefficient (Wildman–Crippen LogP) is 1.90. The summed E-state index contributed by atoms with van der Waals surface area (Å²) in [5.41, 5.74) is 1.04. The molecular weight excluding hydrogens is 286 g/mol. The maximum Gasteiger partial charge on any atom is 0.254 e. The molecule has 2 fully saturated rings. The number of aryl methyl sites for hydroxylation is 1. The molecule has 112 valence electrons. The quantitative estimate of drug-likeness (QED) is 0.914. The highest BCUT2D eigenvalue weighted by Gasteiger charge is 2.40. The Labute approximate surface area is 127 Å². The largest absolute Gasteiger partial charge is 0.374 e. The van der Waals surface area contributed by atoms with Crippen LogP contribution in [0.3, 0.4) is 0 Å². The Balaban J connectivity index is 1.58. The van der Waals surface area contributed by atoms with Gasteiger partial charge in [0.15, 0.2) is 0 Å². The van der Waals surface area contributed by atoms with Gasteiger partial charge in [-0.3, -0.25) is 0 Å². The van der Waals surface area contributed by atoms with Crippen LogP contribution >= 0.6 is 11.8 Å². The van der Waals surface area contributed by atoms with Crippen molar-refractivity contribution < 1.29 is 4.74 Å². The maximum absolute atomic E-state index is 6.08. The lowest BCUT2D eigenvalue weighted by Crippen LogP contribution is -2.44. The van der Waals surface area contributed by atoms with E-state index in [0.29, 0.717) is 11.8 Å². The fraction of sp³-hybridized carbons (Fsp3) is 0.643. The van der Waals surface area contributed by atoms with Gasteiger partial charge in [-0.05, 0) is 31.9 Å². The van der Waals surface area contributed by atoms with Crippen LogP contribution in [-0.2, 0) is 4.74 Å². The van der Waals surface area contributed by atoms with Gasteiger partial charge in [0.2, 0.25) is 0 Å². The molecule has 2 aliphatic heterocycles. The van der Waals surface area contributed by atoms with Crippen molar-refractivity contribution in [2.24, 2.45) is 0 Å². The number of nitrogens with zero attached hydrogens (tertiary/aromatic N) is 4. The van der Waals surface area contributed by atoms with Gasteiger partial charge in [0.25, 0.3) is 5.78 Å². The zero-order valence-electron chi connectivity index (χ0n) is 12.1. The second-order valence-electron chi connectivity index (χ2n) is 5.92. The topological polar surface area (TPSA) is 64.3 Å². The fourth-order valence-corrected chi connectivity index (χ4v) is 4.64. The summed E-state index contributed by atoms with van der Waals surface area (Å²) in [7, 11) is 0. The molecule has 0 bridgehead atoms. The lowest BCUT2D eigenvalue weighted by atomic mass is 9.90. The van der Waals surface area contributed by atoms with E-state index in [1.165, 1.54) is 12.2 Å². The molecule has 0 amide bonds. The van der Waals surface area contributed by atoms with Crippen molar-refractivity contribution >= 4 is 23.4 Å². The van der Waals surface area contributed by atoms with Gasteiger partial charge in [0.1, 0.15) is 12.1 Å². The summed E-state index contributed by atoms with van der Waals surface area (Å²) < 4.78 is 7.86. The maximum atomic E-state index is 6.08. The van der Waals surface area contributed by atoms with E-state index in [2.05, 4.69) is 20.4 Å². The molecule has 0 saturated carbocycles. The van der Waals surface area contributed by atoms with E-state index >= 15 is 0 Å². The van der Waals surface area contributed by atoms with Crippen LogP contribution < -0.4 is 5.32 Å². The van der Waals surface area contributed by atoms with Crippen molar-refractivity contribution in [1.82, 2.24) is 19.6 Å². The molecule has 0 radical (unpaired) electrons. The number of rotatable bonds is 2. The highest BCUT2D eigenvalue weighted by Crippen LogP contribution is 2.38. The van der Waals surface area contributed by atoms with Gasteiger partial charge in [-0.2, -0.15) is 26.4 Å². The Morgan fingerprint density at radius 3 is 3.33 bits per heavy atom. The molecule has 2 atom stereocenters. The van der Waals surface area contributed by atoms with E-state index in [0.717, 1.165) is 36.7 Å². The Bertz CT molecular complexity index is 652. The number of aromatic nitrogens is 4. The van der Waals surface area contributed by atoms with Gasteiger partial charge in [-0.1, -0.05) is 0 Å². The Hall–Kier alpha value is -1.34. The van der Waals surface area contributed by atoms with Crippen molar-refractivity contribution in [3.8, 4) is 0 Å². The summed E-state index contributed by atoms with van der Waals surface area (Å²) in [6.45, 7) is 2.82. The molecule has 0 aliphatic carbocycles. The minimum Gasteiger partial charge on any atom is -0.374 e. The first-order chi connectivity index (χ1) is 10.2. The molecule has 21 heavy (non-hydrogen) atoms. The molecule has 2 aromatic heterocycles. The third-order valence-electron chi connectivity index (χ3n) is 4.29. The normalized spacial score (nSPS) is 29.3. The summed E-state index contributed by atoms with van der Waals surface area (Å²) in [6.07, 6.45) is 4.82. The van der Waals surface area contributed by atoms with E-state index in [1.54, 1.807) is 10.8 Å². The van der Waals surface area contributed by atoms with Crippen molar-refractivity contribution in [1.29, 1.82) is 0 Å². The minimum atomic E-state index is 0.0874. The molecule has 2 saturated heterocycles. The molecule has 1 N–H and O–H groups in total. The molecule has 4 heterocycles. The van der Waals surface area contributed by atoms with Gasteiger partial charge in [-0.25, -0.2) is 4.98 Å². The predicted molar refractivity (Wildman–Crippen MR) is 82.8 cm³/mol. The Morgan fingerprint density at radius 1 is 1.52 bits per heavy atom. The summed E-state index contributed by atoms with van der Waals surface area (Å²) in [5.74, 6) is 3.96. The van der Waals surface area contributed by atoms with Gasteiger partial charge in [-0.15, -0.1) is 0 Å². The average molecular weight is 305 g/mol. The molecule has 7 heteroatoms. The van der Waals surface area contributed by atoms with Crippen molar-refractivity contribution in [2.45, 2.75) is 37.8 Å². The number of hydrogen-bond acceptors (Lipinski definition) is 6. The molecule has 2 aliphatic rings. The van der Waals surface area contributed by atoms with Crippen molar-refractivity contribution in [3.05, 3.63) is 18.1 Å². The average Bonchev–Trinajstić information content (AvgIpc) is 3.08. The zero-order valence-corrected chi connectivity index (χ0v) is 12.9. The highest BCUT2D eigenvalue weighted by molar-refractivity contribution is 7.99. The molecule has 2 aromatic rings. The van der Waals surface area contributed by atoms with Gasteiger partial charge >= 0.3 is 0 Å². The number of anilines is 1. The van der Waals surface area contributed by atoms with Crippen LogP contribution in [0.4, 0.5) is 5.82 Å². The van der Waals surface area contributed by atoms with Crippen LogP contribution in [-0.4, -0.2) is 49.3 Å². The number of nitrogens with one attached hydrogen (secondary N) is 1. The number of thioether (sulfide) groups is 1. The van der Waals surface area contributed by atoms with Crippen LogP contribution in [0.2, 0.25) is 0 Å². The third-order valence-corrected chi connectivity index (χ3v) is 5.52. The monoisotopic (exact) mass is 305 g/mol. The van der Waals surface area contributed by atoms with E-state index in [4.69, 9.17) is 4.74 Å². The molecule has 0 aromatic carbocycles. The van der Waals surface area contributed by atoms with Gasteiger partial charge < -0.3 is 10.1 Å². The number of ether oxygens (including phenoxy) is 1. The first kappa shape index (κ1) is 13.3.